The van der Waals surface area contributed by atoms with Crippen molar-refractivity contribution in [2.75, 3.05) is 0 Å². The van der Waals surface area contributed by atoms with Gasteiger partial charge in [-0.1, -0.05) is 24.3 Å². The summed E-state index contributed by atoms with van der Waals surface area (Å²) in [4.78, 5) is 12.2. The lowest BCUT2D eigenvalue weighted by Crippen LogP contribution is -2.25. The number of carbonyl (C=O) groups is 1. The van der Waals surface area contributed by atoms with Gasteiger partial charge in [0.1, 0.15) is 5.69 Å². The third kappa shape index (κ3) is 2.75. The fourth-order valence-corrected chi connectivity index (χ4v) is 2.37. The number of carbonyl (C=O) groups excluding carboxylic acids is 1. The van der Waals surface area contributed by atoms with Gasteiger partial charge in [0.15, 0.2) is 0 Å². The zero-order valence-corrected chi connectivity index (χ0v) is 11.2. The molecule has 1 aromatic carbocycles. The minimum atomic E-state index is -0.0451. The van der Waals surface area contributed by atoms with Crippen molar-refractivity contribution in [3.8, 4) is 0 Å². The number of amides is 1. The molecule has 4 nitrogen and oxygen atoms in total. The van der Waals surface area contributed by atoms with Crippen molar-refractivity contribution in [1.29, 1.82) is 0 Å². The molecule has 0 unspecified atom stereocenters. The Morgan fingerprint density at radius 3 is 2.80 bits per heavy atom. The van der Waals surface area contributed by atoms with E-state index < -0.39 is 0 Å². The van der Waals surface area contributed by atoms with Crippen molar-refractivity contribution in [1.82, 2.24) is 9.88 Å². The molecule has 2 N–H and O–H groups in total. The summed E-state index contributed by atoms with van der Waals surface area (Å²) < 4.78 is 2.06. The SMILES string of the molecule is O=C(NCc1cccc(CO)c1)c1cccn1C1CC1. The van der Waals surface area contributed by atoms with Crippen LogP contribution in [0.3, 0.4) is 0 Å². The van der Waals surface area contributed by atoms with Gasteiger partial charge in [-0.05, 0) is 36.1 Å². The molecule has 104 valence electrons. The van der Waals surface area contributed by atoms with Crippen molar-refractivity contribution in [3.05, 3.63) is 59.4 Å². The van der Waals surface area contributed by atoms with Crippen LogP contribution in [0.25, 0.3) is 0 Å². The molecule has 0 saturated heterocycles. The van der Waals surface area contributed by atoms with Gasteiger partial charge in [0.25, 0.3) is 5.91 Å². The van der Waals surface area contributed by atoms with E-state index in [1.807, 2.05) is 42.6 Å². The first-order chi connectivity index (χ1) is 9.78. The van der Waals surface area contributed by atoms with Crippen LogP contribution in [0.2, 0.25) is 0 Å². The molecule has 1 aliphatic rings. The van der Waals surface area contributed by atoms with Crippen LogP contribution in [0.4, 0.5) is 0 Å². The standard InChI is InChI=1S/C16H18N2O2/c19-11-13-4-1-3-12(9-13)10-17-16(20)15-5-2-8-18(15)14-6-7-14/h1-5,8-9,14,19H,6-7,10-11H2,(H,17,20). The molecule has 1 aromatic heterocycles. The lowest BCUT2D eigenvalue weighted by Gasteiger charge is -2.09. The normalized spacial score (nSPS) is 14.2. The van der Waals surface area contributed by atoms with E-state index in [2.05, 4.69) is 9.88 Å². The summed E-state index contributed by atoms with van der Waals surface area (Å²) in [6, 6.07) is 11.9. The van der Waals surface area contributed by atoms with Gasteiger partial charge in [0.2, 0.25) is 0 Å². The van der Waals surface area contributed by atoms with Crippen LogP contribution < -0.4 is 5.32 Å². The summed E-state index contributed by atoms with van der Waals surface area (Å²) >= 11 is 0. The van der Waals surface area contributed by atoms with Crippen molar-refractivity contribution in [3.63, 3.8) is 0 Å². The van der Waals surface area contributed by atoms with Crippen LogP contribution in [0.15, 0.2) is 42.6 Å². The Hall–Kier alpha value is -2.07. The van der Waals surface area contributed by atoms with E-state index in [9.17, 15) is 4.79 Å². The van der Waals surface area contributed by atoms with Crippen molar-refractivity contribution in [2.24, 2.45) is 0 Å². The summed E-state index contributed by atoms with van der Waals surface area (Å²) in [6.07, 6.45) is 4.29. The Morgan fingerprint density at radius 2 is 2.05 bits per heavy atom. The summed E-state index contributed by atoms with van der Waals surface area (Å²) in [5.74, 6) is -0.0451. The van der Waals surface area contributed by atoms with E-state index in [4.69, 9.17) is 5.11 Å². The number of aliphatic hydroxyl groups is 1. The van der Waals surface area contributed by atoms with E-state index in [0.29, 0.717) is 12.6 Å². The van der Waals surface area contributed by atoms with Gasteiger partial charge in [-0.2, -0.15) is 0 Å². The van der Waals surface area contributed by atoms with Crippen LogP contribution in [-0.2, 0) is 13.2 Å². The van der Waals surface area contributed by atoms with E-state index in [1.165, 1.54) is 0 Å². The number of rotatable bonds is 5. The molecule has 0 bridgehead atoms. The van der Waals surface area contributed by atoms with Gasteiger partial charge in [0, 0.05) is 18.8 Å². The number of hydrogen-bond donors (Lipinski definition) is 2. The monoisotopic (exact) mass is 270 g/mol. The lowest BCUT2D eigenvalue weighted by molar-refractivity contribution is 0.0941. The molecule has 0 aliphatic heterocycles. The van der Waals surface area contributed by atoms with Gasteiger partial charge in [-0.3, -0.25) is 4.79 Å². The smallest absolute Gasteiger partial charge is 0.268 e. The molecule has 0 spiro atoms. The molecule has 1 saturated carbocycles. The van der Waals surface area contributed by atoms with Crippen molar-refractivity contribution in [2.45, 2.75) is 32.0 Å². The molecule has 1 heterocycles. The minimum Gasteiger partial charge on any atom is -0.392 e. The zero-order chi connectivity index (χ0) is 13.9. The van der Waals surface area contributed by atoms with Crippen LogP contribution in [0.1, 0.15) is 40.5 Å². The summed E-state index contributed by atoms with van der Waals surface area (Å²) in [5, 5.41) is 12.0. The average molecular weight is 270 g/mol. The second-order valence-electron chi connectivity index (χ2n) is 5.19. The first kappa shape index (κ1) is 12.9. The Bertz CT molecular complexity index is 614. The highest BCUT2D eigenvalue weighted by molar-refractivity contribution is 5.92. The molecule has 4 heteroatoms. The predicted molar refractivity (Wildman–Crippen MR) is 76.2 cm³/mol. The Morgan fingerprint density at radius 1 is 1.25 bits per heavy atom. The molecule has 2 aromatic rings. The van der Waals surface area contributed by atoms with Gasteiger partial charge < -0.3 is 15.0 Å². The van der Waals surface area contributed by atoms with Crippen LogP contribution >= 0.6 is 0 Å². The highest BCUT2D eigenvalue weighted by atomic mass is 16.3. The Kier molecular flexibility index (Phi) is 3.56. The number of hydrogen-bond acceptors (Lipinski definition) is 2. The quantitative estimate of drug-likeness (QED) is 0.875. The first-order valence-electron chi connectivity index (χ1n) is 6.91. The molecular weight excluding hydrogens is 252 g/mol. The molecule has 1 aliphatic carbocycles. The fourth-order valence-electron chi connectivity index (χ4n) is 2.37. The molecule has 1 amide bonds. The lowest BCUT2D eigenvalue weighted by atomic mass is 10.1. The van der Waals surface area contributed by atoms with Crippen LogP contribution in [-0.4, -0.2) is 15.6 Å². The van der Waals surface area contributed by atoms with Gasteiger partial charge in [0.05, 0.1) is 6.61 Å². The van der Waals surface area contributed by atoms with Gasteiger partial charge in [-0.15, -0.1) is 0 Å². The third-order valence-electron chi connectivity index (χ3n) is 3.58. The van der Waals surface area contributed by atoms with Crippen molar-refractivity contribution >= 4 is 5.91 Å². The highest BCUT2D eigenvalue weighted by Crippen LogP contribution is 2.35. The minimum absolute atomic E-state index is 0.0202. The Labute approximate surface area is 118 Å². The number of nitrogens with one attached hydrogen (secondary N) is 1. The molecular formula is C16H18N2O2. The summed E-state index contributed by atoms with van der Waals surface area (Å²) in [7, 11) is 0. The van der Waals surface area contributed by atoms with E-state index in [-0.39, 0.29) is 12.5 Å². The molecule has 0 atom stereocenters. The number of nitrogens with zero attached hydrogens (tertiary/aromatic N) is 1. The highest BCUT2D eigenvalue weighted by Gasteiger charge is 2.26. The maximum Gasteiger partial charge on any atom is 0.268 e. The fraction of sp³-hybridized carbons (Fsp3) is 0.312. The molecule has 20 heavy (non-hydrogen) atoms. The summed E-state index contributed by atoms with van der Waals surface area (Å²) in [5.41, 5.74) is 2.58. The maximum absolute atomic E-state index is 12.2. The van der Waals surface area contributed by atoms with Crippen LogP contribution in [0.5, 0.6) is 0 Å². The first-order valence-corrected chi connectivity index (χ1v) is 6.91. The Balaban J connectivity index is 1.65. The second-order valence-corrected chi connectivity index (χ2v) is 5.19. The molecule has 3 rings (SSSR count). The number of aromatic nitrogens is 1. The van der Waals surface area contributed by atoms with E-state index in [1.54, 1.807) is 0 Å². The van der Waals surface area contributed by atoms with Gasteiger partial charge >= 0.3 is 0 Å². The molecule has 1 fully saturated rings. The topological polar surface area (TPSA) is 54.3 Å². The third-order valence-corrected chi connectivity index (χ3v) is 3.58. The molecule has 0 radical (unpaired) electrons. The number of aliphatic hydroxyl groups excluding tert-OH is 1. The van der Waals surface area contributed by atoms with Crippen molar-refractivity contribution < 1.29 is 9.90 Å². The predicted octanol–water partition coefficient (Wildman–Crippen LogP) is 2.25. The second kappa shape index (κ2) is 5.51. The zero-order valence-electron chi connectivity index (χ0n) is 11.2. The number of benzene rings is 1. The average Bonchev–Trinajstić information content (AvgIpc) is 3.22. The maximum atomic E-state index is 12.2. The van der Waals surface area contributed by atoms with E-state index >= 15 is 0 Å². The van der Waals surface area contributed by atoms with Gasteiger partial charge in [-0.25, -0.2) is 0 Å². The van der Waals surface area contributed by atoms with Crippen LogP contribution in [0, 0.1) is 0 Å². The van der Waals surface area contributed by atoms with E-state index in [0.717, 1.165) is 29.7 Å². The largest absolute Gasteiger partial charge is 0.392 e. The summed E-state index contributed by atoms with van der Waals surface area (Å²) in [6.45, 7) is 0.495.